The zero-order valence-electron chi connectivity index (χ0n) is 46.1. The highest BCUT2D eigenvalue weighted by Gasteiger charge is 2.62. The molecule has 9 spiro atoms. The molecule has 36 nitrogen and oxygen atoms in total. The molecular formula is C50H46N18O18. The standard InChI is InChI=1S/2C15H14N6O6.C14H12N6O6.C6H6/c2*1-3-7-16-13(22-7)18-9(24-13)5-11-20-15(26-11)21-12(27-15)6-10-19-14(25-10)17-8(4-2)23-14;1-3-7-16-13(22-7)18-9(24-13)5-11-20-14(26-11)19-10(25-14)4-8-17-12(23-8)15-6(2)21-12;1-2-4-6-5-3-1/h2*3-6H2,1-2H3;3-5H2,1-2H3;1-6H. The second-order valence-corrected chi connectivity index (χ2v) is 20.0. The van der Waals surface area contributed by atoms with Crippen molar-refractivity contribution in [2.24, 2.45) is 89.9 Å². The zero-order chi connectivity index (χ0) is 58.4. The van der Waals surface area contributed by atoms with Crippen molar-refractivity contribution < 1.29 is 85.3 Å². The maximum atomic E-state index is 5.47. The Hall–Kier alpha value is -10.3. The minimum absolute atomic E-state index is 0.295. The van der Waals surface area contributed by atoms with E-state index in [1.807, 2.05) is 71.0 Å². The maximum absolute atomic E-state index is 5.47. The summed E-state index contributed by atoms with van der Waals surface area (Å²) < 4.78 is 97.0. The highest BCUT2D eigenvalue weighted by molar-refractivity contribution is 6.07. The Morgan fingerprint density at radius 1 is 0.198 bits per heavy atom. The van der Waals surface area contributed by atoms with Crippen LogP contribution in [-0.2, 0) is 85.3 Å². The summed E-state index contributed by atoms with van der Waals surface area (Å²) in [5.74, 6) is 8.89. The molecule has 18 aliphatic heterocycles. The average Bonchev–Trinajstić information content (AvgIpc) is 3.30. The summed E-state index contributed by atoms with van der Waals surface area (Å²) in [6.45, 7) is 11.4. The normalized spacial score (nSPS) is 36.6. The smallest absolute Gasteiger partial charge is 0.402 e. The summed E-state index contributed by atoms with van der Waals surface area (Å²) in [5, 5.41) is 0. The summed E-state index contributed by atoms with van der Waals surface area (Å²) in [5.41, 5.74) is 0. The van der Waals surface area contributed by atoms with E-state index in [4.69, 9.17) is 85.3 Å². The third-order valence-electron chi connectivity index (χ3n) is 13.4. The molecule has 18 aliphatic rings. The Morgan fingerprint density at radius 3 is 0.407 bits per heavy atom. The second-order valence-electron chi connectivity index (χ2n) is 20.0. The van der Waals surface area contributed by atoms with Crippen molar-refractivity contribution in [1.82, 2.24) is 0 Å². The maximum Gasteiger partial charge on any atom is 0.478 e. The monoisotopic (exact) mass is 1190 g/mol. The molecule has 86 heavy (non-hydrogen) atoms. The van der Waals surface area contributed by atoms with Gasteiger partial charge in [-0.15, -0.1) is 89.9 Å². The number of rotatable bonds is 17. The van der Waals surface area contributed by atoms with E-state index in [2.05, 4.69) is 89.9 Å². The lowest BCUT2D eigenvalue weighted by atomic mass is 10.3. The predicted octanol–water partition coefficient (Wildman–Crippen LogP) is 4.27. The molecule has 0 radical (unpaired) electrons. The quantitative estimate of drug-likeness (QED) is 0.210. The number of ether oxygens (including phenoxy) is 18. The van der Waals surface area contributed by atoms with Gasteiger partial charge in [0.05, 0.1) is 0 Å². The van der Waals surface area contributed by atoms with Crippen molar-refractivity contribution in [2.75, 3.05) is 0 Å². The van der Waals surface area contributed by atoms with Crippen LogP contribution in [0.5, 0.6) is 0 Å². The molecular weight excluding hydrogens is 1140 g/mol. The van der Waals surface area contributed by atoms with Crippen molar-refractivity contribution >= 4 is 106 Å². The summed E-state index contributed by atoms with van der Waals surface area (Å²) in [7, 11) is 0. The molecule has 0 fully saturated rings. The van der Waals surface area contributed by atoms with Gasteiger partial charge in [0.2, 0.25) is 100 Å². The molecule has 0 aromatic heterocycles. The Labute approximate surface area is 483 Å². The van der Waals surface area contributed by atoms with E-state index < -0.39 is 54.3 Å². The van der Waals surface area contributed by atoms with Gasteiger partial charge in [0.1, 0.15) is 38.5 Å². The second kappa shape index (κ2) is 17.9. The van der Waals surface area contributed by atoms with Crippen LogP contribution in [0, 0.1) is 0 Å². The summed E-state index contributed by atoms with van der Waals surface area (Å²) >= 11 is 0. The number of nitrogens with zero attached hydrogens (tertiary/aromatic N) is 18. The Balaban J connectivity index is 0.0000000996. The molecule has 18 heterocycles. The molecule has 7 atom stereocenters. The molecule has 0 N–H and O–H groups in total. The molecule has 1 aromatic rings. The van der Waals surface area contributed by atoms with Gasteiger partial charge >= 0.3 is 54.3 Å². The Kier molecular flexibility index (Phi) is 10.7. The van der Waals surface area contributed by atoms with Gasteiger partial charge in [0, 0.05) is 39.0 Å². The predicted molar refractivity (Wildman–Crippen MR) is 289 cm³/mol. The van der Waals surface area contributed by atoms with Crippen LogP contribution >= 0.6 is 0 Å². The highest BCUT2D eigenvalue weighted by Crippen LogP contribution is 2.45. The van der Waals surface area contributed by atoms with Crippen LogP contribution in [-0.4, -0.2) is 160 Å². The lowest BCUT2D eigenvalue weighted by Crippen LogP contribution is -2.56. The molecule has 444 valence electrons. The van der Waals surface area contributed by atoms with E-state index in [9.17, 15) is 0 Å². The first-order valence-corrected chi connectivity index (χ1v) is 27.4. The topological polar surface area (TPSA) is 389 Å². The first-order valence-electron chi connectivity index (χ1n) is 27.4. The number of hydrogen-bond acceptors (Lipinski definition) is 36. The lowest BCUT2D eigenvalue weighted by molar-refractivity contribution is -0.198. The highest BCUT2D eigenvalue weighted by atomic mass is 16.8. The molecule has 1 aromatic carbocycles. The molecule has 36 heteroatoms. The van der Waals surface area contributed by atoms with Crippen molar-refractivity contribution in [2.45, 2.75) is 166 Å². The van der Waals surface area contributed by atoms with E-state index in [-0.39, 0.29) is 0 Å². The van der Waals surface area contributed by atoms with Crippen LogP contribution in [0.15, 0.2) is 126 Å². The first kappa shape index (κ1) is 51.3. The lowest BCUT2D eigenvalue weighted by Gasteiger charge is -2.43. The number of aliphatic imine (C=N–C) groups is 18. The first-order chi connectivity index (χ1) is 41.5. The van der Waals surface area contributed by atoms with E-state index >= 15 is 0 Å². The molecule has 7 unspecified atom stereocenters. The van der Waals surface area contributed by atoms with Crippen LogP contribution in [0.2, 0.25) is 0 Å². The van der Waals surface area contributed by atoms with E-state index in [1.54, 1.807) is 6.92 Å². The van der Waals surface area contributed by atoms with Gasteiger partial charge in [-0.25, -0.2) is 0 Å². The third-order valence-corrected chi connectivity index (χ3v) is 13.4. The third kappa shape index (κ3) is 8.85. The van der Waals surface area contributed by atoms with Crippen molar-refractivity contribution in [3.8, 4) is 0 Å². The van der Waals surface area contributed by atoms with E-state index in [0.29, 0.717) is 177 Å². The fourth-order valence-electron chi connectivity index (χ4n) is 9.45. The molecule has 0 saturated carbocycles. The van der Waals surface area contributed by atoms with Gasteiger partial charge in [0.15, 0.2) is 5.90 Å². The van der Waals surface area contributed by atoms with Crippen LogP contribution in [0.4, 0.5) is 0 Å². The molecule has 0 bridgehead atoms. The summed E-state index contributed by atoms with van der Waals surface area (Å²) in [6, 6.07) is 1.20. The minimum Gasteiger partial charge on any atom is -0.402 e. The van der Waals surface area contributed by atoms with Crippen molar-refractivity contribution in [3.63, 3.8) is 0 Å². The van der Waals surface area contributed by atoms with Crippen molar-refractivity contribution in [1.29, 1.82) is 0 Å². The van der Waals surface area contributed by atoms with Gasteiger partial charge in [-0.05, 0) is 0 Å². The number of benzene rings is 1. The Morgan fingerprint density at radius 2 is 0.302 bits per heavy atom. The van der Waals surface area contributed by atoms with Gasteiger partial charge in [0.25, 0.3) is 0 Å². The fraction of sp³-hybridized carbons (Fsp3) is 0.520. The molecule has 0 amide bonds. The average molecular weight is 1190 g/mol. The van der Waals surface area contributed by atoms with Crippen LogP contribution in [0.25, 0.3) is 0 Å². The minimum atomic E-state index is -1.28. The van der Waals surface area contributed by atoms with Gasteiger partial charge in [-0.1, -0.05) is 71.0 Å². The van der Waals surface area contributed by atoms with Gasteiger partial charge in [-0.2, -0.15) is 0 Å². The van der Waals surface area contributed by atoms with Gasteiger partial charge < -0.3 is 85.3 Å². The van der Waals surface area contributed by atoms with E-state index in [1.165, 1.54) is 0 Å². The Bertz CT molecular complexity index is 3500. The molecule has 0 saturated heterocycles. The zero-order valence-corrected chi connectivity index (χ0v) is 46.1. The van der Waals surface area contributed by atoms with Crippen LogP contribution < -0.4 is 0 Å². The van der Waals surface area contributed by atoms with Crippen LogP contribution in [0.1, 0.15) is 112 Å². The molecule has 0 aliphatic carbocycles. The number of hydrogen-bond donors (Lipinski definition) is 0. The fourth-order valence-corrected chi connectivity index (χ4v) is 9.45. The van der Waals surface area contributed by atoms with Gasteiger partial charge in [-0.3, -0.25) is 0 Å². The summed E-state index contributed by atoms with van der Waals surface area (Å²) in [6.07, 6.45) is 5.34. The van der Waals surface area contributed by atoms with Crippen LogP contribution in [0.3, 0.4) is 0 Å². The largest absolute Gasteiger partial charge is 0.478 e. The summed E-state index contributed by atoms with van der Waals surface area (Å²) in [4.78, 5) is 74.8. The molecule has 19 rings (SSSR count). The van der Waals surface area contributed by atoms with Crippen molar-refractivity contribution in [3.05, 3.63) is 36.4 Å². The SMILES string of the molecule is CCC1=NC2(N=C(CC3=NC4(N=C(CC5=NC6(N=C(C)O6)O5)O4)O3)O2)O1.CCC1=NC2(N=C(CC3=NC4(N=C(CC5=NC6(N=C(CC)O6)O5)O4)O3)O2)O1.CCC1=NC2(N=C(CC3=NC4(N=C(CC5=NC6(N=C(CC)O6)O5)O4)O3)O2)O1.c1ccccc1. The van der Waals surface area contributed by atoms with E-state index in [0.717, 1.165) is 0 Å².